The van der Waals surface area contributed by atoms with Crippen LogP contribution in [0.15, 0.2) is 0 Å². The molecule has 0 aromatic heterocycles. The molecule has 0 saturated carbocycles. The molecule has 0 radical (unpaired) electrons. The van der Waals surface area contributed by atoms with E-state index in [0.717, 1.165) is 0 Å². The van der Waals surface area contributed by atoms with E-state index < -0.39 is 42.5 Å². The van der Waals surface area contributed by atoms with Crippen LogP contribution in [-0.4, -0.2) is 59.3 Å². The summed E-state index contributed by atoms with van der Waals surface area (Å²) in [5, 5.41) is 22.4. The zero-order valence-electron chi connectivity index (χ0n) is 12.0. The maximum Gasteiger partial charge on any atom is 0.326 e. The minimum atomic E-state index is -1.15. The van der Waals surface area contributed by atoms with Crippen molar-refractivity contribution in [3.05, 3.63) is 0 Å². The predicted octanol–water partition coefficient (Wildman–Crippen LogP) is -2.49. The molecule has 0 unspecified atom stereocenters. The van der Waals surface area contributed by atoms with Crippen molar-refractivity contribution in [2.45, 2.75) is 44.3 Å². The van der Waals surface area contributed by atoms with Crippen molar-refractivity contribution < 1.29 is 24.6 Å². The molecule has 0 bridgehead atoms. The second-order valence-electron chi connectivity index (χ2n) is 4.70. The Balaban J connectivity index is 4.40. The van der Waals surface area contributed by atoms with E-state index in [4.69, 9.17) is 21.7 Å². The molecule has 0 aliphatic heterocycles. The molecule has 122 valence electrons. The van der Waals surface area contributed by atoms with Crippen LogP contribution in [0.3, 0.4) is 0 Å². The number of aliphatic carboxylic acids is 1. The fourth-order valence-electron chi connectivity index (χ4n) is 1.52. The minimum Gasteiger partial charge on any atom is -0.480 e. The lowest BCUT2D eigenvalue weighted by Crippen LogP contribution is -2.53. The number of unbranched alkanes of at least 4 members (excludes halogenated alkanes) is 1. The normalized spacial score (nSPS) is 14.9. The van der Waals surface area contributed by atoms with E-state index >= 15 is 0 Å². The van der Waals surface area contributed by atoms with Crippen LogP contribution in [0.2, 0.25) is 0 Å². The summed E-state index contributed by atoms with van der Waals surface area (Å²) < 4.78 is 0. The van der Waals surface area contributed by atoms with Crippen LogP contribution in [0, 0.1) is 0 Å². The van der Waals surface area contributed by atoms with Gasteiger partial charge in [0.2, 0.25) is 11.8 Å². The first-order valence-electron chi connectivity index (χ1n) is 6.73. The number of nitrogens with one attached hydrogen (secondary N) is 2. The molecular formula is C12H24N4O5. The second-order valence-corrected chi connectivity index (χ2v) is 4.70. The smallest absolute Gasteiger partial charge is 0.326 e. The summed E-state index contributed by atoms with van der Waals surface area (Å²) in [4.78, 5) is 34.3. The predicted molar refractivity (Wildman–Crippen MR) is 75.1 cm³/mol. The molecule has 0 aromatic carbocycles. The minimum absolute atomic E-state index is 0.259. The molecule has 9 nitrogen and oxygen atoms in total. The summed E-state index contributed by atoms with van der Waals surface area (Å²) in [5.41, 5.74) is 10.6. The molecule has 0 rings (SSSR count). The van der Waals surface area contributed by atoms with Gasteiger partial charge in [0, 0.05) is 0 Å². The van der Waals surface area contributed by atoms with Crippen molar-refractivity contribution in [3.63, 3.8) is 0 Å². The number of carboxylic acid groups (broad SMARTS) is 1. The lowest BCUT2D eigenvalue weighted by molar-refractivity contribution is -0.142. The van der Waals surface area contributed by atoms with E-state index in [1.54, 1.807) is 0 Å². The van der Waals surface area contributed by atoms with E-state index in [0.29, 0.717) is 19.4 Å². The monoisotopic (exact) mass is 304 g/mol. The average Bonchev–Trinajstić information content (AvgIpc) is 2.44. The number of nitrogens with two attached hydrogens (primary N) is 2. The molecule has 8 N–H and O–H groups in total. The lowest BCUT2D eigenvalue weighted by atomic mass is 10.1. The SMILES string of the molecule is C[C@H](NC(=O)[C@@H](N)CO)C(=O)N[C@@H](CCCCN)C(=O)O. The van der Waals surface area contributed by atoms with Crippen LogP contribution >= 0.6 is 0 Å². The van der Waals surface area contributed by atoms with Crippen molar-refractivity contribution in [2.24, 2.45) is 11.5 Å². The third-order valence-electron chi connectivity index (χ3n) is 2.85. The van der Waals surface area contributed by atoms with E-state index in [9.17, 15) is 14.4 Å². The molecule has 9 heteroatoms. The van der Waals surface area contributed by atoms with Gasteiger partial charge >= 0.3 is 5.97 Å². The summed E-state index contributed by atoms with van der Waals surface area (Å²) in [5.74, 6) is -2.46. The van der Waals surface area contributed by atoms with Crippen molar-refractivity contribution in [2.75, 3.05) is 13.2 Å². The summed E-state index contributed by atoms with van der Waals surface area (Å²) in [6, 6.07) is -3.11. The van der Waals surface area contributed by atoms with Gasteiger partial charge in [0.1, 0.15) is 18.1 Å². The van der Waals surface area contributed by atoms with Gasteiger partial charge in [0.25, 0.3) is 0 Å². The van der Waals surface area contributed by atoms with Gasteiger partial charge in [-0.25, -0.2) is 4.79 Å². The molecule has 0 saturated heterocycles. The van der Waals surface area contributed by atoms with E-state index in [2.05, 4.69) is 10.6 Å². The molecule has 0 heterocycles. The number of carbonyl (C=O) groups excluding carboxylic acids is 2. The zero-order valence-corrected chi connectivity index (χ0v) is 12.0. The highest BCUT2D eigenvalue weighted by molar-refractivity contribution is 5.91. The van der Waals surface area contributed by atoms with E-state index in [1.165, 1.54) is 6.92 Å². The number of amides is 2. The Morgan fingerprint density at radius 1 is 1.14 bits per heavy atom. The number of hydrogen-bond donors (Lipinski definition) is 6. The van der Waals surface area contributed by atoms with Gasteiger partial charge in [0.05, 0.1) is 6.61 Å². The van der Waals surface area contributed by atoms with Gasteiger partial charge in [-0.3, -0.25) is 9.59 Å². The Hall–Kier alpha value is -1.71. The number of aliphatic hydroxyl groups is 1. The van der Waals surface area contributed by atoms with Crippen molar-refractivity contribution >= 4 is 17.8 Å². The summed E-state index contributed by atoms with van der Waals surface area (Å²) >= 11 is 0. The molecule has 0 aromatic rings. The van der Waals surface area contributed by atoms with Gasteiger partial charge in [-0.05, 0) is 32.7 Å². The van der Waals surface area contributed by atoms with Gasteiger partial charge in [-0.1, -0.05) is 0 Å². The molecule has 2 amide bonds. The largest absolute Gasteiger partial charge is 0.480 e. The molecule has 3 atom stereocenters. The van der Waals surface area contributed by atoms with Crippen LogP contribution < -0.4 is 22.1 Å². The number of carbonyl (C=O) groups is 3. The highest BCUT2D eigenvalue weighted by Gasteiger charge is 2.24. The molecule has 21 heavy (non-hydrogen) atoms. The highest BCUT2D eigenvalue weighted by atomic mass is 16.4. The van der Waals surface area contributed by atoms with Crippen LogP contribution in [0.1, 0.15) is 26.2 Å². The molecule has 0 spiro atoms. The van der Waals surface area contributed by atoms with Gasteiger partial charge in [-0.15, -0.1) is 0 Å². The fraction of sp³-hybridized carbons (Fsp3) is 0.750. The quantitative estimate of drug-likeness (QED) is 0.243. The van der Waals surface area contributed by atoms with Crippen LogP contribution in [0.4, 0.5) is 0 Å². The maximum atomic E-state index is 11.8. The van der Waals surface area contributed by atoms with Crippen LogP contribution in [0.5, 0.6) is 0 Å². The Bertz CT molecular complexity index is 364. The van der Waals surface area contributed by atoms with Gasteiger partial charge < -0.3 is 32.3 Å². The Morgan fingerprint density at radius 3 is 2.24 bits per heavy atom. The third kappa shape index (κ3) is 7.59. The Labute approximate surface area is 123 Å². The average molecular weight is 304 g/mol. The van der Waals surface area contributed by atoms with Crippen molar-refractivity contribution in [1.29, 1.82) is 0 Å². The molecule has 0 aliphatic carbocycles. The van der Waals surface area contributed by atoms with Gasteiger partial charge in [0.15, 0.2) is 0 Å². The van der Waals surface area contributed by atoms with Crippen molar-refractivity contribution in [3.8, 4) is 0 Å². The van der Waals surface area contributed by atoms with Crippen molar-refractivity contribution in [1.82, 2.24) is 10.6 Å². The molecule has 0 fully saturated rings. The van der Waals surface area contributed by atoms with E-state index in [-0.39, 0.29) is 6.42 Å². The first-order valence-corrected chi connectivity index (χ1v) is 6.73. The molecular weight excluding hydrogens is 280 g/mol. The first kappa shape index (κ1) is 19.3. The first-order chi connectivity index (χ1) is 9.83. The number of aliphatic hydroxyl groups excluding tert-OH is 1. The van der Waals surface area contributed by atoms with Crippen LogP contribution in [-0.2, 0) is 14.4 Å². The summed E-state index contributed by atoms with van der Waals surface area (Å²) in [6.07, 6.45) is 1.50. The Morgan fingerprint density at radius 2 is 1.76 bits per heavy atom. The third-order valence-corrected chi connectivity index (χ3v) is 2.85. The summed E-state index contributed by atoms with van der Waals surface area (Å²) in [7, 11) is 0. The second kappa shape index (κ2) is 10.1. The number of rotatable bonds is 10. The Kier molecular flexibility index (Phi) is 9.26. The van der Waals surface area contributed by atoms with E-state index in [1.807, 2.05) is 0 Å². The topological polar surface area (TPSA) is 168 Å². The standard InChI is InChI=1S/C12H24N4O5/c1-7(15-11(19)8(14)6-17)10(18)16-9(12(20)21)4-2-3-5-13/h7-9,17H,2-6,13-14H2,1H3,(H,15,19)(H,16,18)(H,20,21)/t7-,8-,9-/m0/s1. The maximum absolute atomic E-state index is 11.8. The number of carboxylic acids is 1. The lowest BCUT2D eigenvalue weighted by Gasteiger charge is -2.19. The fourth-order valence-corrected chi connectivity index (χ4v) is 1.52. The highest BCUT2D eigenvalue weighted by Crippen LogP contribution is 2.01. The zero-order chi connectivity index (χ0) is 16.4. The summed E-state index contributed by atoms with van der Waals surface area (Å²) in [6.45, 7) is 1.30. The van der Waals surface area contributed by atoms with Gasteiger partial charge in [-0.2, -0.15) is 0 Å². The molecule has 0 aliphatic rings. The number of hydrogen-bond acceptors (Lipinski definition) is 6. The van der Waals surface area contributed by atoms with Crippen LogP contribution in [0.25, 0.3) is 0 Å².